The van der Waals surface area contributed by atoms with Crippen LogP contribution in [-0.2, 0) is 6.61 Å². The number of carbonyl (C=O) groups is 1. The van der Waals surface area contributed by atoms with Crippen LogP contribution in [0.25, 0.3) is 22.6 Å². The van der Waals surface area contributed by atoms with E-state index in [1.165, 1.54) is 18.2 Å². The second kappa shape index (κ2) is 7.27. The predicted octanol–water partition coefficient (Wildman–Crippen LogP) is 2.34. The van der Waals surface area contributed by atoms with Gasteiger partial charge in [0.05, 0.1) is 5.56 Å². The molecule has 0 aliphatic carbocycles. The van der Waals surface area contributed by atoms with Crippen molar-refractivity contribution in [2.45, 2.75) is 6.61 Å². The van der Waals surface area contributed by atoms with Crippen molar-refractivity contribution in [3.8, 4) is 28.4 Å². The lowest BCUT2D eigenvalue weighted by atomic mass is 10.1. The number of ether oxygens (including phenoxy) is 1. The summed E-state index contributed by atoms with van der Waals surface area (Å²) in [6.45, 7) is 0.0352. The van der Waals surface area contributed by atoms with E-state index in [-0.39, 0.29) is 35.3 Å². The Labute approximate surface area is 157 Å². The fraction of sp³-hybridized carbons (Fsp3) is 0.0556. The molecule has 3 N–H and O–H groups in total. The maximum atomic E-state index is 14.3. The van der Waals surface area contributed by atoms with Gasteiger partial charge in [-0.3, -0.25) is 4.79 Å². The molecule has 0 saturated heterocycles. The first-order chi connectivity index (χ1) is 13.6. The molecule has 0 fully saturated rings. The van der Waals surface area contributed by atoms with Gasteiger partial charge in [-0.25, -0.2) is 4.39 Å². The summed E-state index contributed by atoms with van der Waals surface area (Å²) in [5, 5.41) is 13.7. The zero-order valence-corrected chi connectivity index (χ0v) is 14.3. The number of hydrogen-bond acceptors (Lipinski definition) is 7. The summed E-state index contributed by atoms with van der Waals surface area (Å²) in [5.41, 5.74) is 5.91. The molecule has 1 amide bonds. The van der Waals surface area contributed by atoms with Gasteiger partial charge in [0.1, 0.15) is 17.3 Å². The second-order valence-corrected chi connectivity index (χ2v) is 5.69. The van der Waals surface area contributed by atoms with Gasteiger partial charge in [0, 0.05) is 5.56 Å². The van der Waals surface area contributed by atoms with Gasteiger partial charge in [-0.15, -0.1) is 0 Å². The maximum absolute atomic E-state index is 14.3. The number of primary amides is 1. The first-order valence-corrected chi connectivity index (χ1v) is 8.13. The molecule has 4 aromatic rings. The van der Waals surface area contributed by atoms with Gasteiger partial charge in [0.2, 0.25) is 5.82 Å². The number of aromatic nitrogens is 5. The number of carbonyl (C=O) groups excluding carboxylic acids is 1. The topological polar surface area (TPSA) is 133 Å². The largest absolute Gasteiger partial charge is 0.484 e. The van der Waals surface area contributed by atoms with E-state index in [9.17, 15) is 9.18 Å². The van der Waals surface area contributed by atoms with Gasteiger partial charge < -0.3 is 15.0 Å². The molecule has 28 heavy (non-hydrogen) atoms. The normalized spacial score (nSPS) is 10.8. The SMILES string of the molecule is NC(=O)c1n[nH]nc1-c1ccc(F)c(-c2noc(COc3ccccc3)n2)c1. The van der Waals surface area contributed by atoms with Crippen molar-refractivity contribution in [1.82, 2.24) is 25.6 Å². The number of benzene rings is 2. The summed E-state index contributed by atoms with van der Waals surface area (Å²) in [6, 6.07) is 13.2. The van der Waals surface area contributed by atoms with E-state index in [4.69, 9.17) is 15.0 Å². The minimum Gasteiger partial charge on any atom is -0.484 e. The third kappa shape index (κ3) is 3.43. The van der Waals surface area contributed by atoms with Crippen LogP contribution in [0, 0.1) is 5.82 Å². The second-order valence-electron chi connectivity index (χ2n) is 5.69. The smallest absolute Gasteiger partial charge is 0.271 e. The molecule has 140 valence electrons. The van der Waals surface area contributed by atoms with E-state index in [1.54, 1.807) is 12.1 Å². The Balaban J connectivity index is 1.60. The lowest BCUT2D eigenvalue weighted by Gasteiger charge is -2.03. The van der Waals surface area contributed by atoms with Gasteiger partial charge in [0.25, 0.3) is 11.8 Å². The molecule has 0 atom stereocenters. The monoisotopic (exact) mass is 380 g/mol. The Bertz CT molecular complexity index is 1130. The molecule has 0 saturated carbocycles. The number of rotatable bonds is 6. The van der Waals surface area contributed by atoms with Crippen LogP contribution in [0.3, 0.4) is 0 Å². The van der Waals surface area contributed by atoms with E-state index in [0.717, 1.165) is 0 Å². The highest BCUT2D eigenvalue weighted by Crippen LogP contribution is 2.27. The fourth-order valence-corrected chi connectivity index (χ4v) is 2.53. The van der Waals surface area contributed by atoms with Gasteiger partial charge in [-0.05, 0) is 30.3 Å². The third-order valence-electron chi connectivity index (χ3n) is 3.84. The summed E-state index contributed by atoms with van der Waals surface area (Å²) in [7, 11) is 0. The Morgan fingerprint density at radius 3 is 2.79 bits per heavy atom. The average molecular weight is 380 g/mol. The number of amides is 1. The highest BCUT2D eigenvalue weighted by atomic mass is 19.1. The molecular weight excluding hydrogens is 367 g/mol. The van der Waals surface area contributed by atoms with E-state index >= 15 is 0 Å². The zero-order valence-electron chi connectivity index (χ0n) is 14.3. The maximum Gasteiger partial charge on any atom is 0.271 e. The number of nitrogens with one attached hydrogen (secondary N) is 1. The molecule has 2 heterocycles. The van der Waals surface area contributed by atoms with Crippen LogP contribution in [0.15, 0.2) is 53.1 Å². The van der Waals surface area contributed by atoms with Crippen molar-refractivity contribution in [2.24, 2.45) is 5.73 Å². The molecule has 0 aliphatic rings. The van der Waals surface area contributed by atoms with Crippen molar-refractivity contribution in [1.29, 1.82) is 0 Å². The van der Waals surface area contributed by atoms with Crippen LogP contribution in [0.5, 0.6) is 5.75 Å². The Kier molecular flexibility index (Phi) is 4.50. The molecule has 0 radical (unpaired) electrons. The minimum absolute atomic E-state index is 0.0352. The minimum atomic E-state index is -0.755. The number of nitrogens with zero attached hydrogens (tertiary/aromatic N) is 4. The summed E-state index contributed by atoms with van der Waals surface area (Å²) < 4.78 is 25.0. The van der Waals surface area contributed by atoms with Crippen molar-refractivity contribution in [3.05, 3.63) is 65.9 Å². The quantitative estimate of drug-likeness (QED) is 0.524. The van der Waals surface area contributed by atoms with Crippen LogP contribution in [0.1, 0.15) is 16.4 Å². The first kappa shape index (κ1) is 17.3. The van der Waals surface area contributed by atoms with E-state index < -0.39 is 11.7 Å². The zero-order chi connectivity index (χ0) is 19.5. The summed E-state index contributed by atoms with van der Waals surface area (Å²) >= 11 is 0. The number of H-pyrrole nitrogens is 1. The Morgan fingerprint density at radius 2 is 2.00 bits per heavy atom. The van der Waals surface area contributed by atoms with Crippen LogP contribution in [0.4, 0.5) is 4.39 Å². The molecule has 10 heteroatoms. The summed E-state index contributed by atoms with van der Waals surface area (Å²) in [6.07, 6.45) is 0. The third-order valence-corrected chi connectivity index (χ3v) is 3.84. The van der Waals surface area contributed by atoms with Crippen LogP contribution in [0.2, 0.25) is 0 Å². The van der Waals surface area contributed by atoms with Gasteiger partial charge in [-0.1, -0.05) is 23.4 Å². The molecule has 0 unspecified atom stereocenters. The number of hydrogen-bond donors (Lipinski definition) is 2. The Morgan fingerprint density at radius 1 is 1.18 bits per heavy atom. The molecule has 2 aromatic heterocycles. The lowest BCUT2D eigenvalue weighted by molar-refractivity contribution is 0.0996. The van der Waals surface area contributed by atoms with Gasteiger partial charge in [-0.2, -0.15) is 20.4 Å². The predicted molar refractivity (Wildman–Crippen MR) is 94.4 cm³/mol. The fourth-order valence-electron chi connectivity index (χ4n) is 2.53. The summed E-state index contributed by atoms with van der Waals surface area (Å²) in [5.74, 6) is -0.461. The average Bonchev–Trinajstić information content (AvgIpc) is 3.37. The van der Waals surface area contributed by atoms with Crippen LogP contribution in [-0.4, -0.2) is 31.5 Å². The van der Waals surface area contributed by atoms with Gasteiger partial charge >= 0.3 is 0 Å². The van der Waals surface area contributed by atoms with Crippen molar-refractivity contribution in [3.63, 3.8) is 0 Å². The molecule has 0 bridgehead atoms. The van der Waals surface area contributed by atoms with E-state index in [0.29, 0.717) is 11.3 Å². The molecular formula is C18H13FN6O3. The molecule has 0 aliphatic heterocycles. The van der Waals surface area contributed by atoms with Crippen LogP contribution < -0.4 is 10.5 Å². The van der Waals surface area contributed by atoms with E-state index in [1.807, 2.05) is 18.2 Å². The highest BCUT2D eigenvalue weighted by molar-refractivity contribution is 5.96. The standard InChI is InChI=1S/C18H13FN6O3/c19-13-7-6-10(15-16(17(20)26)23-25-22-15)8-12(13)18-21-14(28-24-18)9-27-11-4-2-1-3-5-11/h1-8H,9H2,(H2,20,26)(H,22,23,25). The number of aromatic amines is 1. The number of halogens is 1. The molecule has 2 aromatic carbocycles. The van der Waals surface area contributed by atoms with Crippen molar-refractivity contribution < 1.29 is 18.4 Å². The first-order valence-electron chi connectivity index (χ1n) is 8.13. The van der Waals surface area contributed by atoms with E-state index in [2.05, 4.69) is 25.6 Å². The summed E-state index contributed by atoms with van der Waals surface area (Å²) in [4.78, 5) is 15.6. The van der Waals surface area contributed by atoms with Crippen LogP contribution >= 0.6 is 0 Å². The molecule has 4 rings (SSSR count). The van der Waals surface area contributed by atoms with Crippen molar-refractivity contribution >= 4 is 5.91 Å². The number of para-hydroxylation sites is 1. The number of nitrogens with two attached hydrogens (primary N) is 1. The van der Waals surface area contributed by atoms with Crippen molar-refractivity contribution in [2.75, 3.05) is 0 Å². The molecule has 9 nitrogen and oxygen atoms in total. The van der Waals surface area contributed by atoms with Gasteiger partial charge in [0.15, 0.2) is 12.3 Å². The lowest BCUT2D eigenvalue weighted by Crippen LogP contribution is -2.12. The Hall–Kier alpha value is -4.08. The highest BCUT2D eigenvalue weighted by Gasteiger charge is 2.19. The molecule has 0 spiro atoms.